The molecule has 260 valence electrons. The van der Waals surface area contributed by atoms with Gasteiger partial charge in [-0.3, -0.25) is 4.79 Å². The Morgan fingerprint density at radius 2 is 1.54 bits per heavy atom. The summed E-state index contributed by atoms with van der Waals surface area (Å²) in [7, 11) is 0. The molecule has 10 nitrogen and oxygen atoms in total. The Balaban J connectivity index is 1.31. The van der Waals surface area contributed by atoms with Crippen molar-refractivity contribution in [1.82, 2.24) is 0 Å². The van der Waals surface area contributed by atoms with Crippen molar-refractivity contribution in [3.63, 3.8) is 0 Å². The van der Waals surface area contributed by atoms with E-state index in [1.807, 2.05) is 6.92 Å². The molecule has 0 aromatic heterocycles. The molecular formula is C36H56O10. The van der Waals surface area contributed by atoms with Gasteiger partial charge in [0, 0.05) is 5.41 Å². The summed E-state index contributed by atoms with van der Waals surface area (Å²) in [5.41, 5.74) is -0.309. The molecule has 0 aromatic rings. The van der Waals surface area contributed by atoms with Crippen LogP contribution >= 0.6 is 0 Å². The van der Waals surface area contributed by atoms with E-state index in [9.17, 15) is 40.2 Å². The smallest absolute Gasteiger partial charge is 0.335 e. The molecule has 0 spiro atoms. The van der Waals surface area contributed by atoms with Gasteiger partial charge in [0.05, 0.1) is 18.1 Å². The molecule has 14 atom stereocenters. The molecule has 10 heteroatoms. The SMILES string of the molecule is CC1(C)CC[C@]2(C(=O)O)CC[C@]3(C)C(=CC[C@@H]4[C@@]5(C)CC[C@H](O[C@@H]6O[C@H](C(=O)O)[C@@H](O)[C@H](O)[C@H]6O)[C@](C)(CO)[C@@H]5CC[C@]43C)[C@@H]2C1. The van der Waals surface area contributed by atoms with Gasteiger partial charge in [-0.1, -0.05) is 53.2 Å². The molecule has 0 radical (unpaired) electrons. The highest BCUT2D eigenvalue weighted by Gasteiger charge is 2.70. The van der Waals surface area contributed by atoms with Gasteiger partial charge in [0.1, 0.15) is 18.3 Å². The van der Waals surface area contributed by atoms with E-state index in [2.05, 4.69) is 40.7 Å². The molecule has 1 aliphatic heterocycles. The lowest BCUT2D eigenvalue weighted by Gasteiger charge is -2.71. The number of rotatable bonds is 5. The Kier molecular flexibility index (Phi) is 8.18. The second kappa shape index (κ2) is 11.0. The van der Waals surface area contributed by atoms with Crippen LogP contribution in [0.5, 0.6) is 0 Å². The van der Waals surface area contributed by atoms with E-state index in [0.717, 1.165) is 51.4 Å². The van der Waals surface area contributed by atoms with Crippen LogP contribution in [0.2, 0.25) is 0 Å². The average molecular weight is 649 g/mol. The molecule has 6 rings (SSSR count). The summed E-state index contributed by atoms with van der Waals surface area (Å²) >= 11 is 0. The van der Waals surface area contributed by atoms with Crippen LogP contribution in [0.3, 0.4) is 0 Å². The molecule has 0 aromatic carbocycles. The van der Waals surface area contributed by atoms with Crippen LogP contribution in [-0.4, -0.2) is 86.0 Å². The minimum Gasteiger partial charge on any atom is -0.481 e. The van der Waals surface area contributed by atoms with Crippen molar-refractivity contribution in [2.75, 3.05) is 6.61 Å². The molecule has 0 bridgehead atoms. The first-order valence-electron chi connectivity index (χ1n) is 17.4. The zero-order valence-corrected chi connectivity index (χ0v) is 28.4. The predicted molar refractivity (Wildman–Crippen MR) is 167 cm³/mol. The van der Waals surface area contributed by atoms with Crippen molar-refractivity contribution in [3.8, 4) is 0 Å². The molecule has 46 heavy (non-hydrogen) atoms. The van der Waals surface area contributed by atoms with Gasteiger partial charge < -0.3 is 40.1 Å². The third-order valence-corrected chi connectivity index (χ3v) is 15.3. The van der Waals surface area contributed by atoms with Crippen LogP contribution in [0.25, 0.3) is 0 Å². The number of allylic oxidation sites excluding steroid dienone is 2. The average Bonchev–Trinajstić information content (AvgIpc) is 2.98. The summed E-state index contributed by atoms with van der Waals surface area (Å²) in [4.78, 5) is 24.7. The van der Waals surface area contributed by atoms with Crippen molar-refractivity contribution < 1.29 is 49.7 Å². The maximum atomic E-state index is 12.9. The van der Waals surface area contributed by atoms with Crippen LogP contribution in [0.15, 0.2) is 11.6 Å². The summed E-state index contributed by atoms with van der Waals surface area (Å²) in [6, 6.07) is 0. The van der Waals surface area contributed by atoms with Crippen molar-refractivity contribution in [2.45, 2.75) is 143 Å². The number of ether oxygens (including phenoxy) is 2. The van der Waals surface area contributed by atoms with E-state index in [-0.39, 0.29) is 40.1 Å². The van der Waals surface area contributed by atoms with E-state index in [4.69, 9.17) is 9.47 Å². The van der Waals surface area contributed by atoms with Crippen LogP contribution in [-0.2, 0) is 19.1 Å². The number of aliphatic hydroxyl groups excluding tert-OH is 4. The van der Waals surface area contributed by atoms with Gasteiger partial charge in [-0.2, -0.15) is 0 Å². The van der Waals surface area contributed by atoms with Gasteiger partial charge in [-0.25, -0.2) is 4.79 Å². The fourth-order valence-corrected chi connectivity index (χ4v) is 12.2. The lowest BCUT2D eigenvalue weighted by Crippen LogP contribution is -2.67. The highest BCUT2D eigenvalue weighted by atomic mass is 16.7. The van der Waals surface area contributed by atoms with E-state index in [1.165, 1.54) is 5.57 Å². The predicted octanol–water partition coefficient (Wildman–Crippen LogP) is 4.12. The first-order valence-corrected chi connectivity index (χ1v) is 17.4. The fourth-order valence-electron chi connectivity index (χ4n) is 12.2. The number of fused-ring (bicyclic) bond motifs is 7. The van der Waals surface area contributed by atoms with Gasteiger partial charge in [0.2, 0.25) is 0 Å². The number of carbonyl (C=O) groups is 2. The third-order valence-electron chi connectivity index (χ3n) is 15.3. The van der Waals surface area contributed by atoms with Crippen LogP contribution in [0.1, 0.15) is 106 Å². The number of carboxylic acids is 2. The lowest BCUT2D eigenvalue weighted by atomic mass is 9.33. The summed E-state index contributed by atoms with van der Waals surface area (Å²) in [5, 5.41) is 62.4. The second-order valence-corrected chi connectivity index (χ2v) is 17.7. The zero-order chi connectivity index (χ0) is 33.8. The summed E-state index contributed by atoms with van der Waals surface area (Å²) in [5.74, 6) is -1.70. The van der Waals surface area contributed by atoms with Gasteiger partial charge in [-0.05, 0) is 104 Å². The van der Waals surface area contributed by atoms with Gasteiger partial charge >= 0.3 is 11.9 Å². The molecule has 5 aliphatic carbocycles. The topological polar surface area (TPSA) is 174 Å². The van der Waals surface area contributed by atoms with Gasteiger partial charge in [0.25, 0.3) is 0 Å². The zero-order valence-electron chi connectivity index (χ0n) is 28.4. The monoisotopic (exact) mass is 648 g/mol. The highest BCUT2D eigenvalue weighted by molar-refractivity contribution is 5.76. The third kappa shape index (κ3) is 4.56. The minimum absolute atomic E-state index is 0.0352. The largest absolute Gasteiger partial charge is 0.481 e. The molecule has 4 saturated carbocycles. The Morgan fingerprint density at radius 3 is 2.17 bits per heavy atom. The Morgan fingerprint density at radius 1 is 0.870 bits per heavy atom. The van der Waals surface area contributed by atoms with E-state index in [1.54, 1.807) is 0 Å². The van der Waals surface area contributed by atoms with Crippen LogP contribution in [0.4, 0.5) is 0 Å². The quantitative estimate of drug-likeness (QED) is 0.188. The van der Waals surface area contributed by atoms with Gasteiger partial charge in [0.15, 0.2) is 12.4 Å². The van der Waals surface area contributed by atoms with Crippen molar-refractivity contribution in [2.24, 2.45) is 50.2 Å². The Hall–Kier alpha value is -1.56. The highest BCUT2D eigenvalue weighted by Crippen LogP contribution is 2.76. The van der Waals surface area contributed by atoms with Crippen LogP contribution < -0.4 is 0 Å². The number of aliphatic hydroxyl groups is 4. The Labute approximate surface area is 272 Å². The normalized spacial score (nSPS) is 53.1. The molecule has 5 fully saturated rings. The molecule has 0 amide bonds. The van der Waals surface area contributed by atoms with Crippen molar-refractivity contribution >= 4 is 11.9 Å². The molecular weight excluding hydrogens is 592 g/mol. The fraction of sp³-hybridized carbons (Fsp3) is 0.889. The molecule has 1 heterocycles. The van der Waals surface area contributed by atoms with E-state index >= 15 is 0 Å². The number of hydrogen-bond donors (Lipinski definition) is 6. The maximum absolute atomic E-state index is 12.9. The van der Waals surface area contributed by atoms with Crippen molar-refractivity contribution in [3.05, 3.63) is 11.6 Å². The molecule has 1 saturated heterocycles. The maximum Gasteiger partial charge on any atom is 0.335 e. The van der Waals surface area contributed by atoms with Gasteiger partial charge in [-0.15, -0.1) is 0 Å². The van der Waals surface area contributed by atoms with Crippen molar-refractivity contribution in [1.29, 1.82) is 0 Å². The number of carboxylic acid groups (broad SMARTS) is 2. The summed E-state index contributed by atoms with van der Waals surface area (Å²) in [6.45, 7) is 13.6. The van der Waals surface area contributed by atoms with E-state index < -0.39 is 59.6 Å². The second-order valence-electron chi connectivity index (χ2n) is 17.7. The number of hydrogen-bond acceptors (Lipinski definition) is 8. The lowest BCUT2D eigenvalue weighted by molar-refractivity contribution is -0.327. The van der Waals surface area contributed by atoms with E-state index in [0.29, 0.717) is 18.8 Å². The number of aliphatic carboxylic acids is 2. The standard InChI is InChI=1S/C36H56O10/c1-31(2)13-15-36(30(43)44)16-14-34(5)19(20(36)17-31)7-8-22-32(3)11-10-23(33(4,18-37)21(32)9-12-35(22,34)6)45-29-26(40)24(38)25(39)27(46-29)28(41)42/h7,20-27,29,37-40H,8-18H2,1-6H3,(H,41,42)(H,43,44)/t20-,21+,22+,23-,24-,25-,26+,27-,29+,32-,33+,34+,35+,36-/m0/s1. The summed E-state index contributed by atoms with van der Waals surface area (Å²) in [6.07, 6.45) is 1.53. The molecule has 0 unspecified atom stereocenters. The first-order chi connectivity index (χ1) is 21.3. The van der Waals surface area contributed by atoms with Crippen LogP contribution in [0, 0.1) is 50.2 Å². The first kappa shape index (κ1) is 34.3. The molecule has 6 aliphatic rings. The molecule has 6 N–H and O–H groups in total. The Bertz CT molecular complexity index is 1280. The minimum atomic E-state index is -1.80. The summed E-state index contributed by atoms with van der Waals surface area (Å²) < 4.78 is 11.8.